The van der Waals surface area contributed by atoms with Gasteiger partial charge >= 0.3 is 0 Å². The fraction of sp³-hybridized carbons (Fsp3) is 0.0476. The second-order valence-corrected chi connectivity index (χ2v) is 7.09. The Labute approximate surface area is 186 Å². The van der Waals surface area contributed by atoms with Gasteiger partial charge in [0.1, 0.15) is 11.0 Å². The molecule has 0 bridgehead atoms. The quantitative estimate of drug-likeness (QED) is 0.195. The third-order valence-electron chi connectivity index (χ3n) is 4.43. The van der Waals surface area contributed by atoms with Crippen LogP contribution >= 0.6 is 23.2 Å². The number of para-hydroxylation sites is 1. The van der Waals surface area contributed by atoms with Crippen LogP contribution < -0.4 is 5.32 Å². The van der Waals surface area contributed by atoms with Gasteiger partial charge in [0.2, 0.25) is 11.9 Å². The van der Waals surface area contributed by atoms with E-state index in [1.165, 1.54) is 12.1 Å². The van der Waals surface area contributed by atoms with Crippen LogP contribution in [-0.2, 0) is 4.79 Å². The first-order chi connectivity index (χ1) is 14.9. The van der Waals surface area contributed by atoms with Crippen LogP contribution in [0, 0.1) is 10.1 Å². The lowest BCUT2D eigenvalue weighted by atomic mass is 10.1. The summed E-state index contributed by atoms with van der Waals surface area (Å²) >= 11 is 12.0. The molecule has 0 radical (unpaired) electrons. The molecule has 4 aromatic rings. The summed E-state index contributed by atoms with van der Waals surface area (Å²) in [6, 6.07) is 16.9. The van der Waals surface area contributed by atoms with E-state index in [1.54, 1.807) is 18.2 Å². The number of benzene rings is 2. The van der Waals surface area contributed by atoms with Crippen molar-refractivity contribution < 1.29 is 9.72 Å². The van der Waals surface area contributed by atoms with E-state index < -0.39 is 10.8 Å². The molecule has 2 aromatic carbocycles. The second-order valence-electron chi connectivity index (χ2n) is 6.47. The van der Waals surface area contributed by atoms with E-state index in [1.807, 2.05) is 30.3 Å². The molecule has 1 N–H and O–H groups in total. The van der Waals surface area contributed by atoms with Crippen molar-refractivity contribution in [2.45, 2.75) is 0 Å². The van der Waals surface area contributed by atoms with Crippen molar-refractivity contribution in [2.24, 2.45) is 0 Å². The van der Waals surface area contributed by atoms with Gasteiger partial charge in [-0.3, -0.25) is 20.2 Å². The maximum absolute atomic E-state index is 11.8. The zero-order valence-corrected chi connectivity index (χ0v) is 17.3. The number of anilines is 1. The second kappa shape index (κ2) is 8.63. The Kier molecular flexibility index (Phi) is 5.75. The number of nitrogens with one attached hydrogen (secondary N) is 1. The van der Waals surface area contributed by atoms with E-state index in [9.17, 15) is 14.9 Å². The highest BCUT2D eigenvalue weighted by Gasteiger charge is 2.15. The number of alkyl halides is 1. The Balaban J connectivity index is 1.86. The van der Waals surface area contributed by atoms with Crippen molar-refractivity contribution in [3.05, 3.63) is 75.9 Å². The van der Waals surface area contributed by atoms with E-state index in [0.717, 1.165) is 10.9 Å². The standard InChI is InChI=1S/C21H13Cl2N5O3/c22-11-19(29)27-21-25-17(12-5-7-14(8-6-12)28(30)31)10-18(26-21)15-9-13-3-1-2-4-16(13)24-20(15)23/h1-10H,11H2,(H,25,26,27,29). The number of carbonyl (C=O) groups is 1. The van der Waals surface area contributed by atoms with Crippen LogP contribution in [0.25, 0.3) is 33.4 Å². The summed E-state index contributed by atoms with van der Waals surface area (Å²) in [6.45, 7) is 0. The van der Waals surface area contributed by atoms with Gasteiger partial charge < -0.3 is 0 Å². The summed E-state index contributed by atoms with van der Waals surface area (Å²) in [4.78, 5) is 35.4. The zero-order chi connectivity index (χ0) is 22.0. The maximum atomic E-state index is 11.8. The van der Waals surface area contributed by atoms with E-state index in [-0.39, 0.29) is 22.7 Å². The lowest BCUT2D eigenvalue weighted by Gasteiger charge is -2.11. The third-order valence-corrected chi connectivity index (χ3v) is 4.96. The summed E-state index contributed by atoms with van der Waals surface area (Å²) in [5, 5.41) is 14.6. The number of fused-ring (bicyclic) bond motifs is 1. The first-order valence-electron chi connectivity index (χ1n) is 9.00. The Morgan fingerprint density at radius 3 is 2.42 bits per heavy atom. The molecule has 2 heterocycles. The Hall–Kier alpha value is -3.62. The highest BCUT2D eigenvalue weighted by atomic mass is 35.5. The minimum absolute atomic E-state index is 0.0285. The minimum Gasteiger partial charge on any atom is -0.293 e. The van der Waals surface area contributed by atoms with Gasteiger partial charge in [0, 0.05) is 28.6 Å². The molecular formula is C21H13Cl2N5O3. The topological polar surface area (TPSA) is 111 Å². The molecule has 4 rings (SSSR count). The Bertz CT molecular complexity index is 1310. The largest absolute Gasteiger partial charge is 0.293 e. The van der Waals surface area contributed by atoms with Crippen LogP contribution in [0.15, 0.2) is 60.7 Å². The van der Waals surface area contributed by atoms with Crippen molar-refractivity contribution in [3.8, 4) is 22.5 Å². The minimum atomic E-state index is -0.484. The average Bonchev–Trinajstić information content (AvgIpc) is 2.78. The average molecular weight is 454 g/mol. The number of pyridine rings is 1. The number of nitrogens with zero attached hydrogens (tertiary/aromatic N) is 4. The molecule has 154 valence electrons. The van der Waals surface area contributed by atoms with E-state index in [0.29, 0.717) is 22.5 Å². The van der Waals surface area contributed by atoms with Gasteiger partial charge in [-0.15, -0.1) is 11.6 Å². The summed E-state index contributed by atoms with van der Waals surface area (Å²) in [7, 11) is 0. The van der Waals surface area contributed by atoms with Crippen molar-refractivity contribution in [2.75, 3.05) is 11.2 Å². The number of nitro benzene ring substituents is 1. The summed E-state index contributed by atoms with van der Waals surface area (Å²) in [6.07, 6.45) is 0. The molecular weight excluding hydrogens is 441 g/mol. The lowest BCUT2D eigenvalue weighted by Crippen LogP contribution is -2.15. The van der Waals surface area contributed by atoms with Gasteiger partial charge in [0.05, 0.1) is 21.8 Å². The summed E-state index contributed by atoms with van der Waals surface area (Å²) in [5.41, 5.74) is 2.70. The number of non-ortho nitro benzene ring substituents is 1. The number of amides is 1. The van der Waals surface area contributed by atoms with Gasteiger partial charge in [0.25, 0.3) is 5.69 Å². The number of carbonyl (C=O) groups excluding carboxylic acids is 1. The number of aromatic nitrogens is 3. The molecule has 0 aliphatic rings. The van der Waals surface area contributed by atoms with Crippen LogP contribution in [-0.4, -0.2) is 31.7 Å². The number of hydrogen-bond donors (Lipinski definition) is 1. The fourth-order valence-electron chi connectivity index (χ4n) is 2.97. The Morgan fingerprint density at radius 2 is 1.71 bits per heavy atom. The van der Waals surface area contributed by atoms with Gasteiger partial charge in [-0.05, 0) is 30.3 Å². The van der Waals surface area contributed by atoms with Gasteiger partial charge in [0.15, 0.2) is 0 Å². The SMILES string of the molecule is O=C(CCl)Nc1nc(-c2ccc([N+](=O)[O-])cc2)cc(-c2cc3ccccc3nc2Cl)n1. The first-order valence-corrected chi connectivity index (χ1v) is 9.91. The predicted octanol–water partition coefficient (Wildman–Crippen LogP) is 5.10. The lowest BCUT2D eigenvalue weighted by molar-refractivity contribution is -0.384. The van der Waals surface area contributed by atoms with E-state index in [2.05, 4.69) is 20.3 Å². The Morgan fingerprint density at radius 1 is 1.00 bits per heavy atom. The molecule has 0 spiro atoms. The molecule has 1 amide bonds. The van der Waals surface area contributed by atoms with Crippen molar-refractivity contribution >= 4 is 51.6 Å². The fourth-order valence-corrected chi connectivity index (χ4v) is 3.28. The van der Waals surface area contributed by atoms with Crippen LogP contribution in [0.4, 0.5) is 11.6 Å². The third kappa shape index (κ3) is 4.45. The molecule has 0 atom stereocenters. The summed E-state index contributed by atoms with van der Waals surface area (Å²) in [5.74, 6) is -0.712. The zero-order valence-electron chi connectivity index (χ0n) is 15.8. The first kappa shape index (κ1) is 20.6. The van der Waals surface area contributed by atoms with Gasteiger partial charge in [-0.1, -0.05) is 29.8 Å². The highest BCUT2D eigenvalue weighted by molar-refractivity contribution is 6.32. The molecule has 0 fully saturated rings. The predicted molar refractivity (Wildman–Crippen MR) is 119 cm³/mol. The van der Waals surface area contributed by atoms with Crippen molar-refractivity contribution in [1.82, 2.24) is 15.0 Å². The normalized spacial score (nSPS) is 10.8. The van der Waals surface area contributed by atoms with Crippen LogP contribution in [0.2, 0.25) is 5.15 Å². The van der Waals surface area contributed by atoms with Crippen LogP contribution in [0.5, 0.6) is 0 Å². The van der Waals surface area contributed by atoms with E-state index >= 15 is 0 Å². The van der Waals surface area contributed by atoms with Gasteiger partial charge in [-0.2, -0.15) is 0 Å². The smallest absolute Gasteiger partial charge is 0.269 e. The number of halogens is 2. The molecule has 0 unspecified atom stereocenters. The summed E-state index contributed by atoms with van der Waals surface area (Å²) < 4.78 is 0. The molecule has 0 saturated heterocycles. The molecule has 31 heavy (non-hydrogen) atoms. The number of hydrogen-bond acceptors (Lipinski definition) is 6. The molecule has 0 aliphatic heterocycles. The van der Waals surface area contributed by atoms with Crippen LogP contribution in [0.3, 0.4) is 0 Å². The molecule has 10 heteroatoms. The highest BCUT2D eigenvalue weighted by Crippen LogP contribution is 2.32. The van der Waals surface area contributed by atoms with Crippen molar-refractivity contribution in [3.63, 3.8) is 0 Å². The van der Waals surface area contributed by atoms with E-state index in [4.69, 9.17) is 23.2 Å². The van der Waals surface area contributed by atoms with Crippen molar-refractivity contribution in [1.29, 1.82) is 0 Å². The monoisotopic (exact) mass is 453 g/mol. The number of rotatable bonds is 5. The maximum Gasteiger partial charge on any atom is 0.269 e. The van der Waals surface area contributed by atoms with Crippen LogP contribution in [0.1, 0.15) is 0 Å². The molecule has 2 aromatic heterocycles. The van der Waals surface area contributed by atoms with Gasteiger partial charge in [-0.25, -0.2) is 15.0 Å². The molecule has 0 saturated carbocycles. The number of nitro groups is 1. The molecule has 0 aliphatic carbocycles. The molecule has 8 nitrogen and oxygen atoms in total.